The van der Waals surface area contributed by atoms with Crippen molar-refractivity contribution in [2.45, 2.75) is 39.7 Å². The molecule has 174 valence electrons. The molecule has 2 heterocycles. The van der Waals surface area contributed by atoms with Gasteiger partial charge in [0.1, 0.15) is 13.2 Å². The summed E-state index contributed by atoms with van der Waals surface area (Å²) in [6.07, 6.45) is 3.00. The first-order valence-corrected chi connectivity index (χ1v) is 12.0. The molecule has 3 aromatic rings. The third kappa shape index (κ3) is 5.85. The van der Waals surface area contributed by atoms with E-state index in [1.165, 1.54) is 11.1 Å². The lowest BCUT2D eigenvalue weighted by Gasteiger charge is -2.26. The van der Waals surface area contributed by atoms with E-state index in [1.807, 2.05) is 18.2 Å². The molecule has 0 spiro atoms. The van der Waals surface area contributed by atoms with E-state index in [0.29, 0.717) is 41.9 Å². The van der Waals surface area contributed by atoms with Crippen molar-refractivity contribution < 1.29 is 9.47 Å². The molecule has 2 aromatic carbocycles. The molecular formula is C26H31N3O3S. The molecule has 2 N–H and O–H groups in total. The first kappa shape index (κ1) is 23.1. The van der Waals surface area contributed by atoms with E-state index in [4.69, 9.17) is 21.7 Å². The van der Waals surface area contributed by atoms with Gasteiger partial charge < -0.3 is 24.7 Å². The molecule has 0 saturated carbocycles. The van der Waals surface area contributed by atoms with Crippen LogP contribution >= 0.6 is 12.2 Å². The fraction of sp³-hybridized carbons (Fsp3) is 0.385. The minimum atomic E-state index is -0.115. The van der Waals surface area contributed by atoms with E-state index in [9.17, 15) is 4.79 Å². The van der Waals surface area contributed by atoms with E-state index in [2.05, 4.69) is 53.3 Å². The zero-order valence-electron chi connectivity index (χ0n) is 19.3. The van der Waals surface area contributed by atoms with Crippen molar-refractivity contribution in [1.82, 2.24) is 15.2 Å². The van der Waals surface area contributed by atoms with Crippen molar-refractivity contribution in [3.05, 3.63) is 69.5 Å². The molecule has 4 rings (SSSR count). The average molecular weight is 466 g/mol. The van der Waals surface area contributed by atoms with Gasteiger partial charge in [0.15, 0.2) is 16.6 Å². The zero-order valence-corrected chi connectivity index (χ0v) is 20.1. The number of H-pyrrole nitrogens is 1. The van der Waals surface area contributed by atoms with E-state index < -0.39 is 0 Å². The number of aryl methyl sites for hydroxylation is 1. The minimum Gasteiger partial charge on any atom is -0.486 e. The largest absolute Gasteiger partial charge is 0.486 e. The fourth-order valence-corrected chi connectivity index (χ4v) is 4.24. The smallest absolute Gasteiger partial charge is 0.253 e. The average Bonchev–Trinajstić information content (AvgIpc) is 2.81. The SMILES string of the molecule is CCCCNC(=S)N(CCc1cccc(C)c1)Cc1cc2cc3c(cc2[nH]c1=O)OCCO3. The number of aromatic nitrogens is 1. The van der Waals surface area contributed by atoms with Crippen molar-refractivity contribution in [2.24, 2.45) is 0 Å². The Bertz CT molecular complexity index is 1190. The molecule has 33 heavy (non-hydrogen) atoms. The zero-order chi connectivity index (χ0) is 23.2. The van der Waals surface area contributed by atoms with Gasteiger partial charge in [-0.2, -0.15) is 0 Å². The van der Waals surface area contributed by atoms with Crippen molar-refractivity contribution in [3.63, 3.8) is 0 Å². The third-order valence-electron chi connectivity index (χ3n) is 5.79. The fourth-order valence-electron chi connectivity index (χ4n) is 3.98. The van der Waals surface area contributed by atoms with Crippen LogP contribution in [0.1, 0.15) is 36.5 Å². The summed E-state index contributed by atoms with van der Waals surface area (Å²) in [5.41, 5.74) is 3.79. The highest BCUT2D eigenvalue weighted by atomic mass is 32.1. The second kappa shape index (κ2) is 10.7. The molecule has 0 unspecified atom stereocenters. The summed E-state index contributed by atoms with van der Waals surface area (Å²) in [5.74, 6) is 1.37. The molecule has 0 aliphatic carbocycles. The molecule has 1 aliphatic heterocycles. The summed E-state index contributed by atoms with van der Waals surface area (Å²) in [5, 5.41) is 4.95. The van der Waals surface area contributed by atoms with Gasteiger partial charge >= 0.3 is 0 Å². The number of nitrogens with one attached hydrogen (secondary N) is 2. The number of rotatable bonds is 8. The number of ether oxygens (including phenoxy) is 2. The summed E-state index contributed by atoms with van der Waals surface area (Å²) in [7, 11) is 0. The lowest BCUT2D eigenvalue weighted by molar-refractivity contribution is 0.172. The number of benzene rings is 2. The minimum absolute atomic E-state index is 0.115. The Morgan fingerprint density at radius 2 is 1.94 bits per heavy atom. The third-order valence-corrected chi connectivity index (χ3v) is 6.19. The molecule has 0 radical (unpaired) electrons. The summed E-state index contributed by atoms with van der Waals surface area (Å²) in [4.78, 5) is 18.0. The van der Waals surface area contributed by atoms with Crippen LogP contribution in [0.2, 0.25) is 0 Å². The molecule has 6 nitrogen and oxygen atoms in total. The summed E-state index contributed by atoms with van der Waals surface area (Å²) >= 11 is 5.71. The Balaban J connectivity index is 1.57. The van der Waals surface area contributed by atoms with E-state index in [-0.39, 0.29) is 5.56 Å². The van der Waals surface area contributed by atoms with Gasteiger partial charge in [-0.05, 0) is 49.7 Å². The lowest BCUT2D eigenvalue weighted by atomic mass is 10.1. The van der Waals surface area contributed by atoms with Crippen LogP contribution in [0.25, 0.3) is 10.9 Å². The van der Waals surface area contributed by atoms with Crippen LogP contribution in [0.15, 0.2) is 47.3 Å². The quantitative estimate of drug-likeness (QED) is 0.381. The molecule has 0 saturated heterocycles. The number of pyridine rings is 1. The van der Waals surface area contributed by atoms with Crippen molar-refractivity contribution in [2.75, 3.05) is 26.3 Å². The molecule has 1 aromatic heterocycles. The van der Waals surface area contributed by atoms with E-state index in [1.54, 1.807) is 0 Å². The molecule has 7 heteroatoms. The van der Waals surface area contributed by atoms with Crippen LogP contribution in [0, 0.1) is 6.92 Å². The Labute approximate surface area is 199 Å². The van der Waals surface area contributed by atoms with Crippen LogP contribution in [0.4, 0.5) is 0 Å². The van der Waals surface area contributed by atoms with Gasteiger partial charge in [-0.3, -0.25) is 4.79 Å². The van der Waals surface area contributed by atoms with Crippen molar-refractivity contribution in [3.8, 4) is 11.5 Å². The van der Waals surface area contributed by atoms with Gasteiger partial charge in [-0.25, -0.2) is 0 Å². The maximum Gasteiger partial charge on any atom is 0.253 e. The Hall–Kier alpha value is -3.06. The second-order valence-corrected chi connectivity index (χ2v) is 8.84. The van der Waals surface area contributed by atoms with Crippen LogP contribution in [0.3, 0.4) is 0 Å². The summed E-state index contributed by atoms with van der Waals surface area (Å²) < 4.78 is 11.4. The maximum absolute atomic E-state index is 12.9. The molecule has 0 fully saturated rings. The molecular weight excluding hydrogens is 434 g/mol. The summed E-state index contributed by atoms with van der Waals surface area (Å²) in [6.45, 7) is 7.28. The maximum atomic E-state index is 12.9. The second-order valence-electron chi connectivity index (χ2n) is 8.45. The van der Waals surface area contributed by atoms with Gasteiger partial charge in [0.2, 0.25) is 0 Å². The standard InChI is InChI=1S/C26H31N3O3S/c1-3-4-9-27-26(33)29(10-8-19-7-5-6-18(2)13-19)17-21-14-20-15-23-24(32-12-11-31-23)16-22(20)28-25(21)30/h5-7,13-16H,3-4,8-12,17H2,1-2H3,(H,27,33)(H,28,30). The number of unbranched alkanes of at least 4 members (excludes halogenated alkanes) is 1. The Morgan fingerprint density at radius 1 is 1.15 bits per heavy atom. The summed E-state index contributed by atoms with van der Waals surface area (Å²) in [6, 6.07) is 14.2. The van der Waals surface area contributed by atoms with E-state index in [0.717, 1.165) is 43.3 Å². The van der Waals surface area contributed by atoms with Gasteiger partial charge in [-0.1, -0.05) is 43.2 Å². The van der Waals surface area contributed by atoms with Crippen LogP contribution in [-0.4, -0.2) is 41.3 Å². The Morgan fingerprint density at radius 3 is 2.70 bits per heavy atom. The molecule has 0 bridgehead atoms. The first-order chi connectivity index (χ1) is 16.0. The predicted octanol–water partition coefficient (Wildman–Crippen LogP) is 4.33. The number of hydrogen-bond acceptors (Lipinski definition) is 4. The molecule has 1 aliphatic rings. The highest BCUT2D eigenvalue weighted by Gasteiger charge is 2.16. The van der Waals surface area contributed by atoms with Gasteiger partial charge in [0.25, 0.3) is 5.56 Å². The monoisotopic (exact) mass is 465 g/mol. The van der Waals surface area contributed by atoms with Gasteiger partial charge in [0.05, 0.1) is 12.1 Å². The van der Waals surface area contributed by atoms with Crippen LogP contribution < -0.4 is 20.3 Å². The van der Waals surface area contributed by atoms with Gasteiger partial charge in [-0.15, -0.1) is 0 Å². The number of hydrogen-bond donors (Lipinski definition) is 2. The highest BCUT2D eigenvalue weighted by Crippen LogP contribution is 2.33. The number of nitrogens with zero attached hydrogens (tertiary/aromatic N) is 1. The van der Waals surface area contributed by atoms with Crippen LogP contribution in [-0.2, 0) is 13.0 Å². The Kier molecular flexibility index (Phi) is 7.50. The lowest BCUT2D eigenvalue weighted by Crippen LogP contribution is -2.41. The van der Waals surface area contributed by atoms with Crippen LogP contribution in [0.5, 0.6) is 11.5 Å². The highest BCUT2D eigenvalue weighted by molar-refractivity contribution is 7.80. The topological polar surface area (TPSA) is 66.6 Å². The number of thiocarbonyl (C=S) groups is 1. The number of aromatic amines is 1. The van der Waals surface area contributed by atoms with E-state index >= 15 is 0 Å². The molecule has 0 atom stereocenters. The normalized spacial score (nSPS) is 12.5. The van der Waals surface area contributed by atoms with Crippen molar-refractivity contribution in [1.29, 1.82) is 0 Å². The number of fused-ring (bicyclic) bond motifs is 2. The molecule has 0 amide bonds. The van der Waals surface area contributed by atoms with Gasteiger partial charge in [0, 0.05) is 30.1 Å². The van der Waals surface area contributed by atoms with Crippen molar-refractivity contribution >= 4 is 28.2 Å². The first-order valence-electron chi connectivity index (χ1n) is 11.6. The predicted molar refractivity (Wildman–Crippen MR) is 136 cm³/mol.